The molecule has 1 aromatic carbocycles. The van der Waals surface area contributed by atoms with Gasteiger partial charge in [0.05, 0.1) is 5.69 Å². The second-order valence-corrected chi connectivity index (χ2v) is 5.50. The lowest BCUT2D eigenvalue weighted by Gasteiger charge is -2.04. The van der Waals surface area contributed by atoms with Crippen LogP contribution in [-0.2, 0) is 6.42 Å². The van der Waals surface area contributed by atoms with Gasteiger partial charge < -0.3 is 5.32 Å². The van der Waals surface area contributed by atoms with Crippen molar-refractivity contribution in [3.05, 3.63) is 49.8 Å². The number of H-pyrrole nitrogens is 1. The van der Waals surface area contributed by atoms with E-state index in [-0.39, 0.29) is 5.56 Å². The maximum absolute atomic E-state index is 12.4. The van der Waals surface area contributed by atoms with Crippen LogP contribution in [-0.4, -0.2) is 23.4 Å². The zero-order chi connectivity index (χ0) is 14.0. The van der Waals surface area contributed by atoms with E-state index in [1.165, 1.54) is 0 Å². The molecular formula is C14H18BrN3O. The number of benzene rings is 1. The summed E-state index contributed by atoms with van der Waals surface area (Å²) in [6.07, 6.45) is 0.736. The molecule has 0 radical (unpaired) electrons. The van der Waals surface area contributed by atoms with Crippen LogP contribution in [0.2, 0.25) is 0 Å². The highest BCUT2D eigenvalue weighted by atomic mass is 79.9. The Labute approximate surface area is 120 Å². The first-order chi connectivity index (χ1) is 9.04. The first-order valence-corrected chi connectivity index (χ1v) is 7.05. The lowest BCUT2D eigenvalue weighted by molar-refractivity contribution is 0.783. The summed E-state index contributed by atoms with van der Waals surface area (Å²) in [5.41, 5.74) is 3.78. The molecule has 0 atom stereocenters. The maximum atomic E-state index is 12.4. The Morgan fingerprint density at radius 2 is 2.11 bits per heavy atom. The Bertz CT molecular complexity index is 643. The average molecular weight is 324 g/mol. The summed E-state index contributed by atoms with van der Waals surface area (Å²) < 4.78 is 2.66. The Kier molecular flexibility index (Phi) is 4.27. The molecule has 0 saturated carbocycles. The Morgan fingerprint density at radius 3 is 2.74 bits per heavy atom. The predicted molar refractivity (Wildman–Crippen MR) is 81.2 cm³/mol. The van der Waals surface area contributed by atoms with Gasteiger partial charge in [-0.05, 0) is 57.6 Å². The van der Waals surface area contributed by atoms with Crippen molar-refractivity contribution < 1.29 is 0 Å². The number of likely N-dealkylation sites (N-methyl/N-ethyl adjacent to an activating group) is 1. The van der Waals surface area contributed by atoms with E-state index in [4.69, 9.17) is 0 Å². The molecule has 0 aliphatic rings. The molecule has 102 valence electrons. The first-order valence-electron chi connectivity index (χ1n) is 6.26. The molecule has 0 spiro atoms. The third kappa shape index (κ3) is 2.82. The fourth-order valence-electron chi connectivity index (χ4n) is 2.08. The highest BCUT2D eigenvalue weighted by Crippen LogP contribution is 2.18. The van der Waals surface area contributed by atoms with E-state index in [0.29, 0.717) is 0 Å². The summed E-state index contributed by atoms with van der Waals surface area (Å²) in [4.78, 5) is 12.4. The van der Waals surface area contributed by atoms with Crippen molar-refractivity contribution in [3.63, 3.8) is 0 Å². The van der Waals surface area contributed by atoms with Crippen LogP contribution in [0.3, 0.4) is 0 Å². The normalized spacial score (nSPS) is 10.9. The van der Waals surface area contributed by atoms with E-state index in [2.05, 4.69) is 26.3 Å². The largest absolute Gasteiger partial charge is 0.319 e. The van der Waals surface area contributed by atoms with Crippen LogP contribution in [0.15, 0.2) is 27.5 Å². The summed E-state index contributed by atoms with van der Waals surface area (Å²) in [6, 6.07) is 5.88. The van der Waals surface area contributed by atoms with Crippen molar-refractivity contribution in [3.8, 4) is 5.69 Å². The molecule has 0 aliphatic heterocycles. The van der Waals surface area contributed by atoms with Crippen molar-refractivity contribution in [1.29, 1.82) is 0 Å². The monoisotopic (exact) mass is 323 g/mol. The van der Waals surface area contributed by atoms with Gasteiger partial charge in [-0.2, -0.15) is 0 Å². The number of aromatic amines is 1. The van der Waals surface area contributed by atoms with Gasteiger partial charge in [-0.15, -0.1) is 0 Å². The van der Waals surface area contributed by atoms with Gasteiger partial charge in [0.25, 0.3) is 5.56 Å². The molecule has 5 heteroatoms. The second-order valence-electron chi connectivity index (χ2n) is 4.64. The minimum Gasteiger partial charge on any atom is -0.319 e. The lowest BCUT2D eigenvalue weighted by atomic mass is 10.2. The summed E-state index contributed by atoms with van der Waals surface area (Å²) >= 11 is 3.47. The van der Waals surface area contributed by atoms with E-state index in [1.54, 1.807) is 4.68 Å². The van der Waals surface area contributed by atoms with Gasteiger partial charge in [0, 0.05) is 15.7 Å². The molecule has 19 heavy (non-hydrogen) atoms. The minimum absolute atomic E-state index is 0.0365. The highest BCUT2D eigenvalue weighted by molar-refractivity contribution is 9.10. The molecule has 1 heterocycles. The number of nitrogens with zero attached hydrogens (tertiary/aromatic N) is 1. The number of aromatic nitrogens is 2. The van der Waals surface area contributed by atoms with E-state index >= 15 is 0 Å². The quantitative estimate of drug-likeness (QED) is 0.907. The number of nitrogens with one attached hydrogen (secondary N) is 2. The van der Waals surface area contributed by atoms with Crippen LogP contribution in [0.4, 0.5) is 0 Å². The summed E-state index contributed by atoms with van der Waals surface area (Å²) in [7, 11) is 1.89. The molecular weight excluding hydrogens is 306 g/mol. The highest BCUT2D eigenvalue weighted by Gasteiger charge is 2.12. The molecule has 2 aromatic rings. The van der Waals surface area contributed by atoms with Gasteiger partial charge in [-0.3, -0.25) is 9.89 Å². The number of hydrogen-bond donors (Lipinski definition) is 2. The van der Waals surface area contributed by atoms with Crippen molar-refractivity contribution in [2.45, 2.75) is 20.3 Å². The van der Waals surface area contributed by atoms with Gasteiger partial charge in [0.15, 0.2) is 0 Å². The second kappa shape index (κ2) is 5.75. The maximum Gasteiger partial charge on any atom is 0.274 e. The molecule has 0 amide bonds. The van der Waals surface area contributed by atoms with Gasteiger partial charge in [-0.25, -0.2) is 4.68 Å². The summed E-state index contributed by atoms with van der Waals surface area (Å²) in [6.45, 7) is 4.75. The standard InChI is InChI=1S/C14H18BrN3O/c1-9-8-11(4-5-13(9)15)18-14(19)12(6-7-16-3)10(2)17-18/h4-5,8,16-17H,6-7H2,1-3H3. The summed E-state index contributed by atoms with van der Waals surface area (Å²) in [5, 5.41) is 6.21. The average Bonchev–Trinajstić information content (AvgIpc) is 2.66. The van der Waals surface area contributed by atoms with Crippen LogP contribution in [0, 0.1) is 13.8 Å². The van der Waals surface area contributed by atoms with Crippen molar-refractivity contribution in [2.24, 2.45) is 0 Å². The van der Waals surface area contributed by atoms with Crippen LogP contribution < -0.4 is 10.9 Å². The Morgan fingerprint density at radius 1 is 1.37 bits per heavy atom. The topological polar surface area (TPSA) is 49.8 Å². The zero-order valence-corrected chi connectivity index (χ0v) is 13.0. The smallest absolute Gasteiger partial charge is 0.274 e. The van der Waals surface area contributed by atoms with E-state index < -0.39 is 0 Å². The molecule has 0 saturated heterocycles. The third-order valence-corrected chi connectivity index (χ3v) is 4.11. The number of halogens is 1. The van der Waals surface area contributed by atoms with Gasteiger partial charge in [0.1, 0.15) is 0 Å². The van der Waals surface area contributed by atoms with Gasteiger partial charge >= 0.3 is 0 Å². The van der Waals surface area contributed by atoms with Gasteiger partial charge in [-0.1, -0.05) is 15.9 Å². The Balaban J connectivity index is 2.45. The van der Waals surface area contributed by atoms with Crippen LogP contribution in [0.25, 0.3) is 5.69 Å². The molecule has 2 N–H and O–H groups in total. The number of hydrogen-bond acceptors (Lipinski definition) is 2. The first kappa shape index (κ1) is 14.1. The lowest BCUT2D eigenvalue weighted by Crippen LogP contribution is -2.20. The molecule has 4 nitrogen and oxygen atoms in total. The van der Waals surface area contributed by atoms with Gasteiger partial charge in [0.2, 0.25) is 0 Å². The van der Waals surface area contributed by atoms with Crippen LogP contribution in [0.5, 0.6) is 0 Å². The van der Waals surface area contributed by atoms with Crippen LogP contribution in [0.1, 0.15) is 16.8 Å². The zero-order valence-electron chi connectivity index (χ0n) is 11.4. The number of aryl methyl sites for hydroxylation is 2. The number of rotatable bonds is 4. The molecule has 0 fully saturated rings. The van der Waals surface area contributed by atoms with Crippen molar-refractivity contribution in [2.75, 3.05) is 13.6 Å². The molecule has 1 aromatic heterocycles. The van der Waals surface area contributed by atoms with Crippen molar-refractivity contribution >= 4 is 15.9 Å². The predicted octanol–water partition coefficient (Wildman–Crippen LogP) is 2.31. The SMILES string of the molecule is CNCCc1c(C)[nH]n(-c2ccc(Br)c(C)c2)c1=O. The van der Waals surface area contributed by atoms with E-state index in [0.717, 1.165) is 39.9 Å². The van der Waals surface area contributed by atoms with Crippen LogP contribution >= 0.6 is 15.9 Å². The third-order valence-electron chi connectivity index (χ3n) is 3.22. The fourth-order valence-corrected chi connectivity index (χ4v) is 2.32. The Hall–Kier alpha value is -1.33. The van der Waals surface area contributed by atoms with Crippen molar-refractivity contribution in [1.82, 2.24) is 15.1 Å². The summed E-state index contributed by atoms with van der Waals surface area (Å²) in [5.74, 6) is 0. The molecule has 2 rings (SSSR count). The molecule has 0 aliphatic carbocycles. The fraction of sp³-hybridized carbons (Fsp3) is 0.357. The van der Waals surface area contributed by atoms with E-state index in [9.17, 15) is 4.79 Å². The van der Waals surface area contributed by atoms with E-state index in [1.807, 2.05) is 39.1 Å². The minimum atomic E-state index is 0.0365. The molecule has 0 unspecified atom stereocenters. The molecule has 0 bridgehead atoms.